The van der Waals surface area contributed by atoms with Crippen LogP contribution in [0.4, 0.5) is 17.5 Å². The van der Waals surface area contributed by atoms with Gasteiger partial charge in [-0.05, 0) is 43.2 Å². The highest BCUT2D eigenvalue weighted by atomic mass is 16.1. The quantitative estimate of drug-likeness (QED) is 0.740. The molecule has 148 valence electrons. The SMILES string of the molecule is Cc1cccc(C)c1NC(=O)c1ccnc(N2CCN(c3ccccn3)CC2)n1. The van der Waals surface area contributed by atoms with Gasteiger partial charge in [0.1, 0.15) is 11.5 Å². The van der Waals surface area contributed by atoms with Gasteiger partial charge in [-0.25, -0.2) is 15.0 Å². The molecule has 3 aromatic rings. The van der Waals surface area contributed by atoms with Crippen molar-refractivity contribution in [3.05, 3.63) is 71.7 Å². The minimum Gasteiger partial charge on any atom is -0.353 e. The molecule has 0 spiro atoms. The summed E-state index contributed by atoms with van der Waals surface area (Å²) in [6.07, 6.45) is 3.45. The number of anilines is 3. The van der Waals surface area contributed by atoms with Gasteiger partial charge >= 0.3 is 0 Å². The average Bonchev–Trinajstić information content (AvgIpc) is 2.77. The van der Waals surface area contributed by atoms with E-state index in [0.29, 0.717) is 11.6 Å². The molecule has 4 rings (SSSR count). The monoisotopic (exact) mass is 388 g/mol. The lowest BCUT2D eigenvalue weighted by Gasteiger charge is -2.35. The van der Waals surface area contributed by atoms with Gasteiger partial charge in [0.25, 0.3) is 5.91 Å². The van der Waals surface area contributed by atoms with Crippen molar-refractivity contribution in [1.82, 2.24) is 15.0 Å². The third kappa shape index (κ3) is 4.18. The lowest BCUT2D eigenvalue weighted by molar-refractivity contribution is 0.102. The molecule has 1 aliphatic heterocycles. The number of carbonyl (C=O) groups excluding carboxylic acids is 1. The Morgan fingerprint density at radius 1 is 0.862 bits per heavy atom. The van der Waals surface area contributed by atoms with E-state index in [4.69, 9.17) is 0 Å². The Morgan fingerprint density at radius 2 is 1.59 bits per heavy atom. The van der Waals surface area contributed by atoms with Gasteiger partial charge in [0, 0.05) is 44.3 Å². The molecule has 3 heterocycles. The highest BCUT2D eigenvalue weighted by molar-refractivity contribution is 6.03. The minimum absolute atomic E-state index is 0.224. The number of aryl methyl sites for hydroxylation is 2. The molecule has 0 saturated carbocycles. The number of benzene rings is 1. The van der Waals surface area contributed by atoms with Crippen LogP contribution >= 0.6 is 0 Å². The van der Waals surface area contributed by atoms with E-state index in [1.807, 2.05) is 56.4 Å². The number of hydrogen-bond donors (Lipinski definition) is 1. The second-order valence-electron chi connectivity index (χ2n) is 7.12. The molecule has 2 aromatic heterocycles. The van der Waals surface area contributed by atoms with Crippen LogP contribution < -0.4 is 15.1 Å². The summed E-state index contributed by atoms with van der Waals surface area (Å²) in [5.74, 6) is 1.34. The molecule has 1 fully saturated rings. The van der Waals surface area contributed by atoms with Crippen LogP contribution in [0.5, 0.6) is 0 Å². The summed E-state index contributed by atoms with van der Waals surface area (Å²) in [5, 5.41) is 2.99. The zero-order chi connectivity index (χ0) is 20.2. The van der Waals surface area contributed by atoms with Crippen LogP contribution in [0, 0.1) is 13.8 Å². The Hall–Kier alpha value is -3.48. The predicted molar refractivity (Wildman–Crippen MR) is 115 cm³/mol. The third-order valence-corrected chi connectivity index (χ3v) is 5.13. The Labute approximate surface area is 170 Å². The van der Waals surface area contributed by atoms with Gasteiger partial charge in [0.05, 0.1) is 0 Å². The molecule has 1 aliphatic rings. The summed E-state index contributed by atoms with van der Waals surface area (Å²) < 4.78 is 0. The van der Waals surface area contributed by atoms with Crippen LogP contribution in [-0.2, 0) is 0 Å². The summed E-state index contributed by atoms with van der Waals surface area (Å²) in [5.41, 5.74) is 3.25. The molecule has 1 saturated heterocycles. The van der Waals surface area contributed by atoms with Crippen LogP contribution in [-0.4, -0.2) is 47.0 Å². The Morgan fingerprint density at radius 3 is 2.28 bits per heavy atom. The van der Waals surface area contributed by atoms with Gasteiger partial charge in [0.2, 0.25) is 5.95 Å². The highest BCUT2D eigenvalue weighted by Crippen LogP contribution is 2.21. The number of para-hydroxylation sites is 1. The van der Waals surface area contributed by atoms with E-state index in [0.717, 1.165) is 48.8 Å². The average molecular weight is 388 g/mol. The number of rotatable bonds is 4. The van der Waals surface area contributed by atoms with E-state index in [9.17, 15) is 4.79 Å². The number of amides is 1. The Kier molecular flexibility index (Phi) is 5.37. The molecule has 0 bridgehead atoms. The number of pyridine rings is 1. The fraction of sp³-hybridized carbons (Fsp3) is 0.273. The van der Waals surface area contributed by atoms with E-state index >= 15 is 0 Å². The predicted octanol–water partition coefficient (Wildman–Crippen LogP) is 3.07. The van der Waals surface area contributed by atoms with Crippen LogP contribution in [0.25, 0.3) is 0 Å². The second kappa shape index (κ2) is 8.26. The van der Waals surface area contributed by atoms with E-state index in [1.54, 1.807) is 12.3 Å². The number of piperazine rings is 1. The summed E-state index contributed by atoms with van der Waals surface area (Å²) in [6.45, 7) is 7.18. The molecule has 1 aromatic carbocycles. The van der Waals surface area contributed by atoms with Crippen LogP contribution in [0.3, 0.4) is 0 Å². The highest BCUT2D eigenvalue weighted by Gasteiger charge is 2.21. The van der Waals surface area contributed by atoms with Crippen LogP contribution in [0.15, 0.2) is 54.9 Å². The first-order valence-corrected chi connectivity index (χ1v) is 9.73. The Bertz CT molecular complexity index is 979. The van der Waals surface area contributed by atoms with Crippen molar-refractivity contribution in [1.29, 1.82) is 0 Å². The zero-order valence-electron chi connectivity index (χ0n) is 16.7. The van der Waals surface area contributed by atoms with Crippen molar-refractivity contribution in [2.45, 2.75) is 13.8 Å². The molecular weight excluding hydrogens is 364 g/mol. The van der Waals surface area contributed by atoms with Gasteiger partial charge in [-0.15, -0.1) is 0 Å². The molecule has 7 nitrogen and oxygen atoms in total. The first kappa shape index (κ1) is 18.9. The Balaban J connectivity index is 1.44. The fourth-order valence-corrected chi connectivity index (χ4v) is 3.49. The molecule has 7 heteroatoms. The van der Waals surface area contributed by atoms with Crippen molar-refractivity contribution in [3.8, 4) is 0 Å². The maximum atomic E-state index is 12.8. The molecular formula is C22H24N6O. The molecule has 1 amide bonds. The van der Waals surface area contributed by atoms with Crippen molar-refractivity contribution in [2.75, 3.05) is 41.3 Å². The van der Waals surface area contributed by atoms with E-state index in [-0.39, 0.29) is 5.91 Å². The zero-order valence-corrected chi connectivity index (χ0v) is 16.7. The van der Waals surface area contributed by atoms with Gasteiger partial charge in [-0.1, -0.05) is 24.3 Å². The van der Waals surface area contributed by atoms with E-state index < -0.39 is 0 Å². The van der Waals surface area contributed by atoms with Crippen molar-refractivity contribution >= 4 is 23.4 Å². The van der Waals surface area contributed by atoms with Gasteiger partial charge < -0.3 is 15.1 Å². The third-order valence-electron chi connectivity index (χ3n) is 5.13. The molecule has 0 unspecified atom stereocenters. The molecule has 0 aliphatic carbocycles. The summed E-state index contributed by atoms with van der Waals surface area (Å²) in [4.78, 5) is 30.4. The molecule has 0 atom stereocenters. The second-order valence-corrected chi connectivity index (χ2v) is 7.12. The maximum absolute atomic E-state index is 12.8. The topological polar surface area (TPSA) is 74.2 Å². The standard InChI is InChI=1S/C22H24N6O/c1-16-6-5-7-17(2)20(16)26-21(29)18-9-11-24-22(25-18)28-14-12-27(13-15-28)19-8-3-4-10-23-19/h3-11H,12-15H2,1-2H3,(H,26,29). The van der Waals surface area contributed by atoms with Crippen molar-refractivity contribution < 1.29 is 4.79 Å². The van der Waals surface area contributed by atoms with E-state index in [2.05, 4.69) is 30.1 Å². The van der Waals surface area contributed by atoms with Crippen LogP contribution in [0.1, 0.15) is 21.6 Å². The van der Waals surface area contributed by atoms with Crippen molar-refractivity contribution in [2.24, 2.45) is 0 Å². The summed E-state index contributed by atoms with van der Waals surface area (Å²) in [6, 6.07) is 13.5. The number of hydrogen-bond acceptors (Lipinski definition) is 6. The summed E-state index contributed by atoms with van der Waals surface area (Å²) in [7, 11) is 0. The fourth-order valence-electron chi connectivity index (χ4n) is 3.49. The van der Waals surface area contributed by atoms with Crippen molar-refractivity contribution in [3.63, 3.8) is 0 Å². The normalized spacial score (nSPS) is 14.0. The molecule has 1 N–H and O–H groups in total. The first-order chi connectivity index (χ1) is 14.1. The largest absolute Gasteiger partial charge is 0.353 e. The van der Waals surface area contributed by atoms with Gasteiger partial charge in [-0.3, -0.25) is 4.79 Å². The van der Waals surface area contributed by atoms with E-state index in [1.165, 1.54) is 0 Å². The molecule has 29 heavy (non-hydrogen) atoms. The number of nitrogens with zero attached hydrogens (tertiary/aromatic N) is 5. The van der Waals surface area contributed by atoms with Crippen LogP contribution in [0.2, 0.25) is 0 Å². The van der Waals surface area contributed by atoms with Gasteiger partial charge in [0.15, 0.2) is 0 Å². The minimum atomic E-state index is -0.224. The maximum Gasteiger partial charge on any atom is 0.274 e. The smallest absolute Gasteiger partial charge is 0.274 e. The summed E-state index contributed by atoms with van der Waals surface area (Å²) >= 11 is 0. The number of aromatic nitrogens is 3. The number of nitrogens with one attached hydrogen (secondary N) is 1. The molecule has 0 radical (unpaired) electrons. The lowest BCUT2D eigenvalue weighted by atomic mass is 10.1. The van der Waals surface area contributed by atoms with Gasteiger partial charge in [-0.2, -0.15) is 0 Å². The first-order valence-electron chi connectivity index (χ1n) is 9.73. The number of carbonyl (C=O) groups is 1. The lowest BCUT2D eigenvalue weighted by Crippen LogP contribution is -2.47.